The van der Waals surface area contributed by atoms with Crippen molar-refractivity contribution in [3.63, 3.8) is 0 Å². The summed E-state index contributed by atoms with van der Waals surface area (Å²) >= 11 is 1.82. The lowest BCUT2D eigenvalue weighted by Gasteiger charge is -2.24. The predicted octanol–water partition coefficient (Wildman–Crippen LogP) is 2.31. The second kappa shape index (κ2) is 3.35. The molecule has 2 nitrogen and oxygen atoms in total. The van der Waals surface area contributed by atoms with Crippen molar-refractivity contribution in [1.82, 2.24) is 4.98 Å². The average molecular weight is 180 g/mol. The Hall–Kier alpha value is -0.700. The summed E-state index contributed by atoms with van der Waals surface area (Å²) in [5.41, 5.74) is 6.58. The van der Waals surface area contributed by atoms with Crippen molar-refractivity contribution >= 4 is 17.4 Å². The summed E-state index contributed by atoms with van der Waals surface area (Å²) in [5, 5.41) is 1.77. The van der Waals surface area contributed by atoms with Gasteiger partial charge in [0.05, 0.1) is 5.69 Å². The molecule has 2 rings (SSSR count). The van der Waals surface area contributed by atoms with E-state index in [0.717, 1.165) is 16.0 Å². The quantitative estimate of drug-likeness (QED) is 0.759. The van der Waals surface area contributed by atoms with Gasteiger partial charge in [-0.1, -0.05) is 6.42 Å². The second-order valence-electron chi connectivity index (χ2n) is 3.07. The molecule has 2 N–H and O–H groups in total. The minimum absolute atomic E-state index is 0.766. The Balaban J connectivity index is 2.06. The van der Waals surface area contributed by atoms with E-state index in [1.807, 2.05) is 23.9 Å². The van der Waals surface area contributed by atoms with Gasteiger partial charge in [-0.15, -0.1) is 11.8 Å². The highest BCUT2D eigenvalue weighted by Crippen LogP contribution is 2.37. The van der Waals surface area contributed by atoms with Gasteiger partial charge in [0.2, 0.25) is 0 Å². The monoisotopic (exact) mass is 180 g/mol. The summed E-state index contributed by atoms with van der Waals surface area (Å²) in [6, 6.07) is 3.79. The standard InChI is InChI=1S/C9H12N2S/c10-8-5-2-6-11-9(8)12-7-3-1-4-7/h2,5-7H,1,3-4,10H2. The highest BCUT2D eigenvalue weighted by Gasteiger charge is 2.19. The second-order valence-corrected chi connectivity index (χ2v) is 4.36. The van der Waals surface area contributed by atoms with Crippen LogP contribution in [0.15, 0.2) is 23.4 Å². The van der Waals surface area contributed by atoms with Crippen molar-refractivity contribution in [2.45, 2.75) is 29.5 Å². The van der Waals surface area contributed by atoms with E-state index in [-0.39, 0.29) is 0 Å². The van der Waals surface area contributed by atoms with E-state index >= 15 is 0 Å². The summed E-state index contributed by atoms with van der Waals surface area (Å²) in [4.78, 5) is 4.24. The maximum absolute atomic E-state index is 5.76. The molecule has 0 spiro atoms. The molecule has 1 aliphatic rings. The Morgan fingerprint density at radius 1 is 1.50 bits per heavy atom. The van der Waals surface area contributed by atoms with Crippen LogP contribution < -0.4 is 5.73 Å². The molecule has 1 saturated carbocycles. The number of hydrogen-bond donors (Lipinski definition) is 1. The van der Waals surface area contributed by atoms with Gasteiger partial charge < -0.3 is 5.73 Å². The van der Waals surface area contributed by atoms with E-state index in [1.165, 1.54) is 19.3 Å². The third-order valence-corrected chi connectivity index (χ3v) is 3.50. The largest absolute Gasteiger partial charge is 0.397 e. The lowest BCUT2D eigenvalue weighted by Crippen LogP contribution is -2.13. The zero-order chi connectivity index (χ0) is 8.39. The molecule has 64 valence electrons. The summed E-state index contributed by atoms with van der Waals surface area (Å²) in [6.45, 7) is 0. The van der Waals surface area contributed by atoms with E-state index < -0.39 is 0 Å². The SMILES string of the molecule is Nc1cccnc1SC1CCC1. The molecule has 12 heavy (non-hydrogen) atoms. The first kappa shape index (κ1) is 7.92. The minimum Gasteiger partial charge on any atom is -0.397 e. The number of rotatable bonds is 2. The number of thioether (sulfide) groups is 1. The molecule has 0 radical (unpaired) electrons. The molecule has 0 aliphatic heterocycles. The number of nitrogen functional groups attached to an aromatic ring is 1. The first-order valence-corrected chi connectivity index (χ1v) is 5.11. The van der Waals surface area contributed by atoms with Gasteiger partial charge in [-0.2, -0.15) is 0 Å². The van der Waals surface area contributed by atoms with Crippen LogP contribution in [0.1, 0.15) is 19.3 Å². The minimum atomic E-state index is 0.766. The Morgan fingerprint density at radius 3 is 2.92 bits per heavy atom. The van der Waals surface area contributed by atoms with Crippen LogP contribution in [0.4, 0.5) is 5.69 Å². The molecular formula is C9H12N2S. The van der Waals surface area contributed by atoms with E-state index in [0.29, 0.717) is 0 Å². The molecule has 0 atom stereocenters. The number of anilines is 1. The highest BCUT2D eigenvalue weighted by atomic mass is 32.2. The Bertz CT molecular complexity index is 271. The van der Waals surface area contributed by atoms with Crippen LogP contribution in [0.3, 0.4) is 0 Å². The molecule has 0 saturated heterocycles. The molecule has 1 aromatic rings. The van der Waals surface area contributed by atoms with Gasteiger partial charge in [0.1, 0.15) is 5.03 Å². The lowest BCUT2D eigenvalue weighted by atomic mass is 10.0. The van der Waals surface area contributed by atoms with Gasteiger partial charge in [-0.25, -0.2) is 4.98 Å². The van der Waals surface area contributed by atoms with E-state index in [4.69, 9.17) is 5.73 Å². The van der Waals surface area contributed by atoms with Crippen molar-refractivity contribution in [1.29, 1.82) is 0 Å². The van der Waals surface area contributed by atoms with Crippen molar-refractivity contribution < 1.29 is 0 Å². The molecule has 0 unspecified atom stereocenters. The van der Waals surface area contributed by atoms with E-state index in [2.05, 4.69) is 4.98 Å². The van der Waals surface area contributed by atoms with Gasteiger partial charge >= 0.3 is 0 Å². The molecular weight excluding hydrogens is 168 g/mol. The molecule has 1 fully saturated rings. The van der Waals surface area contributed by atoms with E-state index in [1.54, 1.807) is 6.20 Å². The number of nitrogens with zero attached hydrogens (tertiary/aromatic N) is 1. The van der Waals surface area contributed by atoms with Crippen molar-refractivity contribution in [3.05, 3.63) is 18.3 Å². The van der Waals surface area contributed by atoms with Crippen LogP contribution in [-0.4, -0.2) is 10.2 Å². The third kappa shape index (κ3) is 1.55. The maximum Gasteiger partial charge on any atom is 0.119 e. The normalized spacial score (nSPS) is 17.3. The van der Waals surface area contributed by atoms with Crippen LogP contribution in [0.25, 0.3) is 0 Å². The first-order valence-electron chi connectivity index (χ1n) is 4.23. The van der Waals surface area contributed by atoms with Gasteiger partial charge in [0, 0.05) is 11.4 Å². The highest BCUT2D eigenvalue weighted by molar-refractivity contribution is 8.00. The number of nitrogens with two attached hydrogens (primary N) is 1. The number of hydrogen-bond acceptors (Lipinski definition) is 3. The summed E-state index contributed by atoms with van der Waals surface area (Å²) < 4.78 is 0. The lowest BCUT2D eigenvalue weighted by molar-refractivity contribution is 0.521. The molecule has 0 amide bonds. The summed E-state index contributed by atoms with van der Waals surface area (Å²) in [5.74, 6) is 0. The Labute approximate surface area is 76.6 Å². The summed E-state index contributed by atoms with van der Waals surface area (Å²) in [6.07, 6.45) is 5.81. The average Bonchev–Trinajstić information content (AvgIpc) is 2.00. The van der Waals surface area contributed by atoms with E-state index in [9.17, 15) is 0 Å². The Morgan fingerprint density at radius 2 is 2.33 bits per heavy atom. The fourth-order valence-corrected chi connectivity index (χ4v) is 2.36. The fraction of sp³-hybridized carbons (Fsp3) is 0.444. The van der Waals surface area contributed by atoms with Crippen LogP contribution in [0, 0.1) is 0 Å². The van der Waals surface area contributed by atoms with Gasteiger partial charge in [0.25, 0.3) is 0 Å². The number of aromatic nitrogens is 1. The first-order chi connectivity index (χ1) is 5.86. The van der Waals surface area contributed by atoms with Crippen LogP contribution >= 0.6 is 11.8 Å². The molecule has 1 heterocycles. The van der Waals surface area contributed by atoms with Crippen molar-refractivity contribution in [3.8, 4) is 0 Å². The summed E-state index contributed by atoms with van der Waals surface area (Å²) in [7, 11) is 0. The third-order valence-electron chi connectivity index (χ3n) is 2.13. The van der Waals surface area contributed by atoms with Gasteiger partial charge in [-0.05, 0) is 25.0 Å². The van der Waals surface area contributed by atoms with Crippen LogP contribution in [-0.2, 0) is 0 Å². The molecule has 1 aromatic heterocycles. The zero-order valence-electron chi connectivity index (χ0n) is 6.86. The van der Waals surface area contributed by atoms with Crippen molar-refractivity contribution in [2.75, 3.05) is 5.73 Å². The molecule has 1 aliphatic carbocycles. The smallest absolute Gasteiger partial charge is 0.119 e. The van der Waals surface area contributed by atoms with Crippen LogP contribution in [0.2, 0.25) is 0 Å². The topological polar surface area (TPSA) is 38.9 Å². The van der Waals surface area contributed by atoms with Crippen LogP contribution in [0.5, 0.6) is 0 Å². The predicted molar refractivity (Wildman–Crippen MR) is 52.1 cm³/mol. The molecule has 0 aromatic carbocycles. The Kier molecular flexibility index (Phi) is 2.21. The van der Waals surface area contributed by atoms with Gasteiger partial charge in [-0.3, -0.25) is 0 Å². The zero-order valence-corrected chi connectivity index (χ0v) is 7.68. The number of pyridine rings is 1. The molecule has 0 bridgehead atoms. The van der Waals surface area contributed by atoms with Crippen molar-refractivity contribution in [2.24, 2.45) is 0 Å². The fourth-order valence-electron chi connectivity index (χ4n) is 1.15. The maximum atomic E-state index is 5.76. The molecule has 3 heteroatoms. The van der Waals surface area contributed by atoms with Gasteiger partial charge in [0.15, 0.2) is 0 Å².